The van der Waals surface area contributed by atoms with Crippen LogP contribution in [-0.4, -0.2) is 42.6 Å². The molecule has 0 aromatic heterocycles. The van der Waals surface area contributed by atoms with Gasteiger partial charge in [-0.3, -0.25) is 4.79 Å². The molecule has 0 aliphatic rings. The molecule has 5 heteroatoms. The van der Waals surface area contributed by atoms with Crippen LogP contribution in [0.25, 0.3) is 0 Å². The van der Waals surface area contributed by atoms with Crippen molar-refractivity contribution in [3.63, 3.8) is 0 Å². The van der Waals surface area contributed by atoms with E-state index >= 15 is 0 Å². The van der Waals surface area contributed by atoms with Crippen molar-refractivity contribution in [2.24, 2.45) is 0 Å². The van der Waals surface area contributed by atoms with Crippen molar-refractivity contribution in [2.75, 3.05) is 20.6 Å². The highest BCUT2D eigenvalue weighted by atomic mass is 16.4. The molecule has 0 atom stereocenters. The third-order valence-electron chi connectivity index (χ3n) is 1.59. The summed E-state index contributed by atoms with van der Waals surface area (Å²) in [4.78, 5) is 22.6. The van der Waals surface area contributed by atoms with E-state index in [1.54, 1.807) is 14.1 Å². The average molecular weight is 188 g/mol. The second kappa shape index (κ2) is 6.28. The van der Waals surface area contributed by atoms with Gasteiger partial charge in [0.15, 0.2) is 0 Å². The lowest BCUT2D eigenvalue weighted by Crippen LogP contribution is -2.23. The molecule has 2 amide bonds. The minimum absolute atomic E-state index is 0.0790. The molecular formula is C8H16N2O3. The van der Waals surface area contributed by atoms with E-state index in [2.05, 4.69) is 5.32 Å². The van der Waals surface area contributed by atoms with E-state index in [9.17, 15) is 9.59 Å². The maximum absolute atomic E-state index is 11.0. The van der Waals surface area contributed by atoms with Crippen molar-refractivity contribution in [2.45, 2.75) is 19.3 Å². The Hall–Kier alpha value is -1.26. The number of unbranched alkanes of at least 4 members (excludes halogenated alkanes) is 1. The maximum Gasteiger partial charge on any atom is 0.404 e. The standard InChI is InChI=1S/C8H16N2O3/c1-10(2)7(11)5-3-4-6-9-8(12)13/h9H,3-6H2,1-2H3,(H,12,13). The van der Waals surface area contributed by atoms with Crippen LogP contribution in [0, 0.1) is 0 Å². The van der Waals surface area contributed by atoms with Crippen molar-refractivity contribution in [1.29, 1.82) is 0 Å². The highest BCUT2D eigenvalue weighted by Crippen LogP contribution is 1.96. The van der Waals surface area contributed by atoms with Crippen LogP contribution in [0.15, 0.2) is 0 Å². The van der Waals surface area contributed by atoms with E-state index in [4.69, 9.17) is 5.11 Å². The van der Waals surface area contributed by atoms with E-state index in [1.165, 1.54) is 4.90 Å². The molecule has 13 heavy (non-hydrogen) atoms. The minimum atomic E-state index is -1.01. The third kappa shape index (κ3) is 7.11. The summed E-state index contributed by atoms with van der Waals surface area (Å²) in [6, 6.07) is 0. The Morgan fingerprint density at radius 3 is 2.38 bits per heavy atom. The summed E-state index contributed by atoms with van der Waals surface area (Å²) in [5.41, 5.74) is 0. The molecule has 0 unspecified atom stereocenters. The van der Waals surface area contributed by atoms with Gasteiger partial charge in [0.25, 0.3) is 0 Å². The largest absolute Gasteiger partial charge is 0.465 e. The molecule has 0 rings (SSSR count). The molecule has 5 nitrogen and oxygen atoms in total. The molecule has 0 spiro atoms. The molecular weight excluding hydrogens is 172 g/mol. The summed E-state index contributed by atoms with van der Waals surface area (Å²) in [5, 5.41) is 10.5. The van der Waals surface area contributed by atoms with Crippen molar-refractivity contribution in [1.82, 2.24) is 10.2 Å². The lowest BCUT2D eigenvalue weighted by atomic mass is 10.2. The van der Waals surface area contributed by atoms with Crippen LogP contribution in [0.1, 0.15) is 19.3 Å². The van der Waals surface area contributed by atoms with Crippen LogP contribution < -0.4 is 5.32 Å². The van der Waals surface area contributed by atoms with Crippen molar-refractivity contribution in [3.8, 4) is 0 Å². The predicted molar refractivity (Wildman–Crippen MR) is 48.6 cm³/mol. The van der Waals surface area contributed by atoms with Gasteiger partial charge in [0.2, 0.25) is 5.91 Å². The Labute approximate surface area is 77.7 Å². The van der Waals surface area contributed by atoms with Crippen LogP contribution in [0.2, 0.25) is 0 Å². The zero-order chi connectivity index (χ0) is 10.3. The number of rotatable bonds is 5. The fourth-order valence-electron chi connectivity index (χ4n) is 0.820. The lowest BCUT2D eigenvalue weighted by Gasteiger charge is -2.09. The summed E-state index contributed by atoms with van der Waals surface area (Å²) < 4.78 is 0. The van der Waals surface area contributed by atoms with Crippen molar-refractivity contribution >= 4 is 12.0 Å². The summed E-state index contributed by atoms with van der Waals surface area (Å²) >= 11 is 0. The average Bonchev–Trinajstić information content (AvgIpc) is 2.02. The van der Waals surface area contributed by atoms with Crippen LogP contribution in [0.5, 0.6) is 0 Å². The molecule has 0 radical (unpaired) electrons. The first kappa shape index (κ1) is 11.7. The van der Waals surface area contributed by atoms with E-state index in [0.717, 1.165) is 6.42 Å². The number of hydrogen-bond acceptors (Lipinski definition) is 2. The summed E-state index contributed by atoms with van der Waals surface area (Å²) in [6.45, 7) is 0.413. The summed E-state index contributed by atoms with van der Waals surface area (Å²) in [6.07, 6.45) is 0.885. The summed E-state index contributed by atoms with van der Waals surface area (Å²) in [5.74, 6) is 0.0790. The van der Waals surface area contributed by atoms with Gasteiger partial charge < -0.3 is 15.3 Å². The normalized spacial score (nSPS) is 9.38. The van der Waals surface area contributed by atoms with Gasteiger partial charge in [-0.1, -0.05) is 0 Å². The number of carbonyl (C=O) groups excluding carboxylic acids is 1. The predicted octanol–water partition coefficient (Wildman–Crippen LogP) is 0.512. The molecule has 0 bridgehead atoms. The maximum atomic E-state index is 11.0. The zero-order valence-corrected chi connectivity index (χ0v) is 8.04. The van der Waals surface area contributed by atoms with Crippen LogP contribution in [0.4, 0.5) is 4.79 Å². The minimum Gasteiger partial charge on any atom is -0.465 e. The second-order valence-corrected chi connectivity index (χ2v) is 2.98. The number of carbonyl (C=O) groups is 2. The van der Waals surface area contributed by atoms with E-state index < -0.39 is 6.09 Å². The Kier molecular flexibility index (Phi) is 5.67. The first-order chi connectivity index (χ1) is 6.04. The monoisotopic (exact) mass is 188 g/mol. The van der Waals surface area contributed by atoms with Crippen molar-refractivity contribution < 1.29 is 14.7 Å². The molecule has 2 N–H and O–H groups in total. The highest BCUT2D eigenvalue weighted by Gasteiger charge is 2.02. The SMILES string of the molecule is CN(C)C(=O)CCCCNC(=O)O. The van der Waals surface area contributed by atoms with Crippen LogP contribution in [0.3, 0.4) is 0 Å². The number of carboxylic acid groups (broad SMARTS) is 1. The summed E-state index contributed by atoms with van der Waals surface area (Å²) in [7, 11) is 3.41. The zero-order valence-electron chi connectivity index (χ0n) is 8.04. The van der Waals surface area contributed by atoms with Gasteiger partial charge in [-0.25, -0.2) is 4.79 Å². The molecule has 0 heterocycles. The topological polar surface area (TPSA) is 69.6 Å². The van der Waals surface area contributed by atoms with Gasteiger partial charge >= 0.3 is 6.09 Å². The van der Waals surface area contributed by atoms with E-state index in [0.29, 0.717) is 19.4 Å². The smallest absolute Gasteiger partial charge is 0.404 e. The Morgan fingerprint density at radius 2 is 1.92 bits per heavy atom. The molecule has 0 aliphatic carbocycles. The molecule has 0 saturated heterocycles. The first-order valence-corrected chi connectivity index (χ1v) is 4.21. The number of amides is 2. The molecule has 0 aromatic rings. The molecule has 0 saturated carbocycles. The van der Waals surface area contributed by atoms with E-state index in [1.807, 2.05) is 0 Å². The Morgan fingerprint density at radius 1 is 1.31 bits per heavy atom. The van der Waals surface area contributed by atoms with Crippen LogP contribution in [-0.2, 0) is 4.79 Å². The first-order valence-electron chi connectivity index (χ1n) is 4.21. The molecule has 0 aromatic carbocycles. The number of hydrogen-bond donors (Lipinski definition) is 2. The third-order valence-corrected chi connectivity index (χ3v) is 1.59. The van der Waals surface area contributed by atoms with Crippen LogP contribution >= 0.6 is 0 Å². The van der Waals surface area contributed by atoms with Gasteiger partial charge in [-0.05, 0) is 12.8 Å². The van der Waals surface area contributed by atoms with Gasteiger partial charge in [-0.2, -0.15) is 0 Å². The van der Waals surface area contributed by atoms with Gasteiger partial charge in [0, 0.05) is 27.1 Å². The Bertz CT molecular complexity index is 180. The Balaban J connectivity index is 3.26. The molecule has 76 valence electrons. The lowest BCUT2D eigenvalue weighted by molar-refractivity contribution is -0.128. The second-order valence-electron chi connectivity index (χ2n) is 2.98. The van der Waals surface area contributed by atoms with Gasteiger partial charge in [0.1, 0.15) is 0 Å². The van der Waals surface area contributed by atoms with Crippen molar-refractivity contribution in [3.05, 3.63) is 0 Å². The fraction of sp³-hybridized carbons (Fsp3) is 0.750. The van der Waals surface area contributed by atoms with E-state index in [-0.39, 0.29) is 5.91 Å². The number of nitrogens with one attached hydrogen (secondary N) is 1. The van der Waals surface area contributed by atoms with Gasteiger partial charge in [0.05, 0.1) is 0 Å². The van der Waals surface area contributed by atoms with Gasteiger partial charge in [-0.15, -0.1) is 0 Å². The highest BCUT2D eigenvalue weighted by molar-refractivity contribution is 5.75. The fourth-order valence-corrected chi connectivity index (χ4v) is 0.820. The quantitative estimate of drug-likeness (QED) is 0.618. The molecule has 0 aliphatic heterocycles. The molecule has 0 fully saturated rings. The number of nitrogens with zero attached hydrogens (tertiary/aromatic N) is 1.